The molecule has 2 fully saturated rings. The molecular weight excluding hydrogens is 316 g/mol. The van der Waals surface area contributed by atoms with Crippen molar-refractivity contribution in [3.8, 4) is 0 Å². The van der Waals surface area contributed by atoms with Gasteiger partial charge in [0.15, 0.2) is 0 Å². The maximum Gasteiger partial charge on any atom is 0.320 e. The van der Waals surface area contributed by atoms with E-state index in [0.717, 1.165) is 19.4 Å². The highest BCUT2D eigenvalue weighted by Crippen LogP contribution is 2.34. The molecule has 1 atom stereocenters. The summed E-state index contributed by atoms with van der Waals surface area (Å²) in [4.78, 5) is 26.0. The highest BCUT2D eigenvalue weighted by Gasteiger charge is 2.38. The van der Waals surface area contributed by atoms with Gasteiger partial charge in [-0.15, -0.1) is 11.6 Å². The second-order valence-corrected chi connectivity index (χ2v) is 8.56. The van der Waals surface area contributed by atoms with Crippen molar-refractivity contribution in [2.75, 3.05) is 13.1 Å². The number of nitrogens with zero attached hydrogens (tertiary/aromatic N) is 1. The molecule has 2 rings (SSSR count). The summed E-state index contributed by atoms with van der Waals surface area (Å²) in [6, 6.07) is 0.521. The highest BCUT2D eigenvalue weighted by molar-refractivity contribution is 6.30. The second-order valence-electron chi connectivity index (χ2n) is 7.91. The van der Waals surface area contributed by atoms with E-state index in [4.69, 9.17) is 16.3 Å². The summed E-state index contributed by atoms with van der Waals surface area (Å²) in [6.45, 7) is 8.63. The number of hydrogen-bond donors (Lipinski definition) is 1. The van der Waals surface area contributed by atoms with Crippen LogP contribution >= 0.6 is 11.6 Å². The van der Waals surface area contributed by atoms with E-state index >= 15 is 0 Å². The van der Waals surface area contributed by atoms with Crippen molar-refractivity contribution in [1.29, 1.82) is 0 Å². The Kier molecular flexibility index (Phi) is 5.95. The first-order valence-electron chi connectivity index (χ1n) is 8.54. The molecule has 1 unspecified atom stereocenters. The highest BCUT2D eigenvalue weighted by atomic mass is 35.5. The number of alkyl halides is 1. The van der Waals surface area contributed by atoms with E-state index in [1.165, 1.54) is 12.8 Å². The summed E-state index contributed by atoms with van der Waals surface area (Å²) in [6.07, 6.45) is 4.26. The van der Waals surface area contributed by atoms with Crippen molar-refractivity contribution in [2.24, 2.45) is 5.92 Å². The molecule has 0 spiro atoms. The molecule has 2 aliphatic carbocycles. The third-order valence-electron chi connectivity index (χ3n) is 4.28. The Labute approximate surface area is 144 Å². The van der Waals surface area contributed by atoms with Crippen LogP contribution in [0.25, 0.3) is 0 Å². The van der Waals surface area contributed by atoms with Crippen LogP contribution in [0.15, 0.2) is 0 Å². The number of nitrogens with one attached hydrogen (secondary N) is 1. The molecule has 2 saturated carbocycles. The topological polar surface area (TPSA) is 58.6 Å². The Morgan fingerprint density at radius 1 is 1.30 bits per heavy atom. The lowest BCUT2D eigenvalue weighted by molar-refractivity contribution is -0.157. The predicted octanol–water partition coefficient (Wildman–Crippen LogP) is 2.31. The van der Waals surface area contributed by atoms with Crippen molar-refractivity contribution < 1.29 is 14.3 Å². The van der Waals surface area contributed by atoms with Crippen LogP contribution in [0.5, 0.6) is 0 Å². The van der Waals surface area contributed by atoms with Gasteiger partial charge in [0, 0.05) is 18.6 Å². The first kappa shape index (κ1) is 18.5. The van der Waals surface area contributed by atoms with Gasteiger partial charge >= 0.3 is 5.97 Å². The second kappa shape index (κ2) is 7.39. The molecule has 0 aromatic carbocycles. The van der Waals surface area contributed by atoms with Gasteiger partial charge < -0.3 is 10.1 Å². The summed E-state index contributed by atoms with van der Waals surface area (Å²) < 4.78 is 5.44. The normalized spacial score (nSPS) is 25.7. The Morgan fingerprint density at radius 3 is 2.39 bits per heavy atom. The van der Waals surface area contributed by atoms with Crippen LogP contribution in [-0.2, 0) is 14.3 Å². The number of hydrogen-bond acceptors (Lipinski definition) is 4. The molecule has 5 nitrogen and oxygen atoms in total. The molecule has 6 heteroatoms. The molecular formula is C17H29ClN2O3. The lowest BCUT2D eigenvalue weighted by atomic mass is 9.85. The van der Waals surface area contributed by atoms with Crippen LogP contribution in [0.3, 0.4) is 0 Å². The van der Waals surface area contributed by atoms with Gasteiger partial charge in [0.2, 0.25) is 5.91 Å². The average molecular weight is 345 g/mol. The fourth-order valence-electron chi connectivity index (χ4n) is 2.83. The fourth-order valence-corrected chi connectivity index (χ4v) is 2.90. The fraction of sp³-hybridized carbons (Fsp3) is 0.882. The summed E-state index contributed by atoms with van der Waals surface area (Å²) in [7, 11) is 0. The van der Waals surface area contributed by atoms with E-state index in [2.05, 4.69) is 10.2 Å². The van der Waals surface area contributed by atoms with Crippen LogP contribution in [0.4, 0.5) is 0 Å². The third-order valence-corrected chi connectivity index (χ3v) is 4.48. The summed E-state index contributed by atoms with van der Waals surface area (Å²) in [5.41, 5.74) is -0.449. The minimum Gasteiger partial charge on any atom is -0.459 e. The molecule has 1 N–H and O–H groups in total. The van der Waals surface area contributed by atoms with E-state index in [1.807, 2.05) is 20.8 Å². The number of rotatable bonds is 7. The van der Waals surface area contributed by atoms with Gasteiger partial charge in [-0.05, 0) is 59.3 Å². The number of carbonyl (C=O) groups is 2. The lowest BCUT2D eigenvalue weighted by Crippen LogP contribution is -2.56. The molecule has 1 amide bonds. The zero-order chi connectivity index (χ0) is 17.2. The minimum atomic E-state index is -0.501. The molecule has 23 heavy (non-hydrogen) atoms. The van der Waals surface area contributed by atoms with E-state index < -0.39 is 11.0 Å². The number of carbonyl (C=O) groups excluding carboxylic acids is 2. The van der Waals surface area contributed by atoms with Gasteiger partial charge in [-0.25, -0.2) is 0 Å². The van der Waals surface area contributed by atoms with Crippen LogP contribution in [0.1, 0.15) is 53.4 Å². The number of amides is 1. The molecule has 0 radical (unpaired) electrons. The number of halogens is 1. The molecule has 0 bridgehead atoms. The van der Waals surface area contributed by atoms with E-state index in [1.54, 1.807) is 6.92 Å². The van der Waals surface area contributed by atoms with Crippen molar-refractivity contribution in [3.63, 3.8) is 0 Å². The quantitative estimate of drug-likeness (QED) is 0.569. The zero-order valence-electron chi connectivity index (χ0n) is 14.6. The Balaban J connectivity index is 1.80. The predicted molar refractivity (Wildman–Crippen MR) is 90.4 cm³/mol. The number of esters is 1. The van der Waals surface area contributed by atoms with E-state index in [-0.39, 0.29) is 17.9 Å². The molecule has 0 heterocycles. The molecule has 0 saturated heterocycles. The minimum absolute atomic E-state index is 0.115. The summed E-state index contributed by atoms with van der Waals surface area (Å²) in [5.74, 6) is 0.435. The first-order chi connectivity index (χ1) is 10.6. The van der Waals surface area contributed by atoms with Crippen molar-refractivity contribution in [1.82, 2.24) is 10.2 Å². The van der Waals surface area contributed by atoms with Gasteiger partial charge in [0.25, 0.3) is 0 Å². The smallest absolute Gasteiger partial charge is 0.320 e. The zero-order valence-corrected chi connectivity index (χ0v) is 15.4. The number of ether oxygens (including phenoxy) is 1. The third kappa shape index (κ3) is 6.30. The summed E-state index contributed by atoms with van der Waals surface area (Å²) in [5, 5.41) is 2.45. The molecule has 0 aromatic heterocycles. The van der Waals surface area contributed by atoms with E-state index in [9.17, 15) is 9.59 Å². The SMILES string of the molecule is CC(Cl)C(=O)NC1CC(N(CC(=O)OC(C)(C)C)CC2CC2)C1. The van der Waals surface area contributed by atoms with Crippen LogP contribution in [0.2, 0.25) is 0 Å². The summed E-state index contributed by atoms with van der Waals surface area (Å²) >= 11 is 5.78. The average Bonchev–Trinajstić information content (AvgIpc) is 3.13. The maximum absolute atomic E-state index is 12.1. The standard InChI is InChI=1S/C17H29ClN2O3/c1-11(18)16(22)19-13-7-14(8-13)20(9-12-5-6-12)10-15(21)23-17(2,3)4/h11-14H,5-10H2,1-4H3,(H,19,22). The van der Waals surface area contributed by atoms with Crippen LogP contribution < -0.4 is 5.32 Å². The largest absolute Gasteiger partial charge is 0.459 e. The Morgan fingerprint density at radius 2 is 1.91 bits per heavy atom. The van der Waals surface area contributed by atoms with Gasteiger partial charge in [0.05, 0.1) is 6.54 Å². The van der Waals surface area contributed by atoms with Crippen molar-refractivity contribution >= 4 is 23.5 Å². The molecule has 0 aliphatic heterocycles. The molecule has 2 aliphatic rings. The van der Waals surface area contributed by atoms with Crippen molar-refractivity contribution in [2.45, 2.75) is 76.4 Å². The Hall–Kier alpha value is -0.810. The monoisotopic (exact) mass is 344 g/mol. The lowest BCUT2D eigenvalue weighted by Gasteiger charge is -2.43. The van der Waals surface area contributed by atoms with Crippen molar-refractivity contribution in [3.05, 3.63) is 0 Å². The molecule has 132 valence electrons. The van der Waals surface area contributed by atoms with Gasteiger partial charge in [-0.2, -0.15) is 0 Å². The van der Waals surface area contributed by atoms with Crippen LogP contribution in [-0.4, -0.2) is 52.9 Å². The van der Waals surface area contributed by atoms with Gasteiger partial charge in [0.1, 0.15) is 11.0 Å². The van der Waals surface area contributed by atoms with E-state index in [0.29, 0.717) is 18.5 Å². The molecule has 0 aromatic rings. The Bertz CT molecular complexity index is 438. The maximum atomic E-state index is 12.1. The van der Waals surface area contributed by atoms with Crippen LogP contribution in [0, 0.1) is 5.92 Å². The van der Waals surface area contributed by atoms with Gasteiger partial charge in [-0.3, -0.25) is 14.5 Å². The first-order valence-corrected chi connectivity index (χ1v) is 8.98. The van der Waals surface area contributed by atoms with Gasteiger partial charge in [-0.1, -0.05) is 0 Å².